The minimum atomic E-state index is -0.952. The number of carboxylic acids is 1. The van der Waals surface area contributed by atoms with Crippen molar-refractivity contribution in [3.8, 4) is 11.5 Å². The quantitative estimate of drug-likeness (QED) is 0.861. The van der Waals surface area contributed by atoms with E-state index in [9.17, 15) is 9.18 Å². The molecule has 0 saturated heterocycles. The number of aliphatic carboxylic acids is 1. The van der Waals surface area contributed by atoms with Gasteiger partial charge in [0.05, 0.1) is 20.6 Å². The highest BCUT2D eigenvalue weighted by Gasteiger charge is 2.13. The Kier molecular flexibility index (Phi) is 5.36. The summed E-state index contributed by atoms with van der Waals surface area (Å²) in [5, 5.41) is 8.67. The fourth-order valence-corrected chi connectivity index (χ4v) is 1.76. The molecule has 1 rings (SSSR count). The average molecular weight is 268 g/mol. The van der Waals surface area contributed by atoms with Crippen LogP contribution in [0.3, 0.4) is 0 Å². The second kappa shape index (κ2) is 6.78. The standard InChI is InChI=1S/C14H17FO4/c1-4-9(5-6-14(16)17)10-7-12(18-2)13(19-3)8-11(10)15/h5,7-8H,4,6H2,1-3H3,(H,16,17)/b9-5+. The predicted octanol–water partition coefficient (Wildman–Crippen LogP) is 3.11. The zero-order valence-corrected chi connectivity index (χ0v) is 11.2. The fourth-order valence-electron chi connectivity index (χ4n) is 1.76. The molecule has 1 aromatic rings. The summed E-state index contributed by atoms with van der Waals surface area (Å²) in [6.45, 7) is 1.84. The van der Waals surface area contributed by atoms with Crippen LogP contribution in [0.15, 0.2) is 18.2 Å². The lowest BCUT2D eigenvalue weighted by atomic mass is 10.0. The Balaban J connectivity index is 3.24. The lowest BCUT2D eigenvalue weighted by Crippen LogP contribution is -1.97. The van der Waals surface area contributed by atoms with E-state index in [-0.39, 0.29) is 6.42 Å². The molecule has 0 aromatic heterocycles. The number of allylic oxidation sites excluding steroid dienone is 1. The van der Waals surface area contributed by atoms with E-state index >= 15 is 0 Å². The minimum absolute atomic E-state index is 0.142. The van der Waals surface area contributed by atoms with Crippen LogP contribution in [0.2, 0.25) is 0 Å². The van der Waals surface area contributed by atoms with Crippen molar-refractivity contribution in [2.75, 3.05) is 14.2 Å². The van der Waals surface area contributed by atoms with Crippen molar-refractivity contribution in [3.05, 3.63) is 29.6 Å². The van der Waals surface area contributed by atoms with Crippen molar-refractivity contribution in [2.45, 2.75) is 19.8 Å². The Bertz CT molecular complexity index is 494. The molecule has 5 heteroatoms. The third-order valence-electron chi connectivity index (χ3n) is 2.72. The molecule has 0 aliphatic heterocycles. The Morgan fingerprint density at radius 1 is 1.32 bits per heavy atom. The second-order valence-electron chi connectivity index (χ2n) is 3.87. The van der Waals surface area contributed by atoms with Crippen LogP contribution in [0.4, 0.5) is 4.39 Å². The zero-order chi connectivity index (χ0) is 14.4. The smallest absolute Gasteiger partial charge is 0.307 e. The fraction of sp³-hybridized carbons (Fsp3) is 0.357. The van der Waals surface area contributed by atoms with Crippen LogP contribution >= 0.6 is 0 Å². The number of halogens is 1. The van der Waals surface area contributed by atoms with Gasteiger partial charge in [-0.05, 0) is 18.1 Å². The van der Waals surface area contributed by atoms with Gasteiger partial charge in [-0.3, -0.25) is 4.79 Å². The third-order valence-corrected chi connectivity index (χ3v) is 2.72. The molecular weight excluding hydrogens is 251 g/mol. The van der Waals surface area contributed by atoms with Crippen LogP contribution in [0.5, 0.6) is 11.5 Å². The number of rotatable bonds is 6. The lowest BCUT2D eigenvalue weighted by molar-refractivity contribution is -0.135. The molecule has 0 radical (unpaired) electrons. The van der Waals surface area contributed by atoms with Gasteiger partial charge in [0.2, 0.25) is 0 Å². The van der Waals surface area contributed by atoms with Crippen molar-refractivity contribution < 1.29 is 23.8 Å². The molecule has 0 unspecified atom stereocenters. The van der Waals surface area contributed by atoms with Gasteiger partial charge >= 0.3 is 5.97 Å². The number of methoxy groups -OCH3 is 2. The summed E-state index contributed by atoms with van der Waals surface area (Å²) >= 11 is 0. The molecule has 0 amide bonds. The summed E-state index contributed by atoms with van der Waals surface area (Å²) in [5.74, 6) is -0.700. The van der Waals surface area contributed by atoms with Gasteiger partial charge in [-0.15, -0.1) is 0 Å². The molecule has 0 aliphatic carbocycles. The maximum absolute atomic E-state index is 14.0. The van der Waals surface area contributed by atoms with E-state index < -0.39 is 11.8 Å². The first-order valence-corrected chi connectivity index (χ1v) is 5.86. The van der Waals surface area contributed by atoms with Crippen LogP contribution in [0.25, 0.3) is 5.57 Å². The van der Waals surface area contributed by atoms with Gasteiger partial charge < -0.3 is 14.6 Å². The lowest BCUT2D eigenvalue weighted by Gasteiger charge is -2.12. The topological polar surface area (TPSA) is 55.8 Å². The van der Waals surface area contributed by atoms with Crippen molar-refractivity contribution >= 4 is 11.5 Å². The molecule has 0 atom stereocenters. The first-order chi connectivity index (χ1) is 9.03. The van der Waals surface area contributed by atoms with E-state index in [4.69, 9.17) is 14.6 Å². The van der Waals surface area contributed by atoms with Gasteiger partial charge in [-0.25, -0.2) is 4.39 Å². The van der Waals surface area contributed by atoms with Gasteiger partial charge in [-0.2, -0.15) is 0 Å². The van der Waals surface area contributed by atoms with E-state index in [2.05, 4.69) is 0 Å². The molecule has 0 spiro atoms. The molecule has 0 heterocycles. The SMILES string of the molecule is CC/C(=C\CC(=O)O)c1cc(OC)c(OC)cc1F. The molecule has 0 saturated carbocycles. The normalized spacial score (nSPS) is 11.3. The van der Waals surface area contributed by atoms with Crippen LogP contribution in [0.1, 0.15) is 25.3 Å². The monoisotopic (exact) mass is 268 g/mol. The van der Waals surface area contributed by atoms with Gasteiger partial charge in [0, 0.05) is 11.6 Å². The summed E-state index contributed by atoms with van der Waals surface area (Å²) in [6, 6.07) is 2.75. The number of hydrogen-bond donors (Lipinski definition) is 1. The molecular formula is C14H17FO4. The van der Waals surface area contributed by atoms with Gasteiger partial charge in [0.15, 0.2) is 11.5 Å². The zero-order valence-electron chi connectivity index (χ0n) is 11.2. The number of benzene rings is 1. The van der Waals surface area contributed by atoms with Gasteiger partial charge in [-0.1, -0.05) is 13.0 Å². The summed E-state index contributed by atoms with van der Waals surface area (Å²) < 4.78 is 24.1. The summed E-state index contributed by atoms with van der Waals surface area (Å²) in [5.41, 5.74) is 0.960. The summed E-state index contributed by atoms with van der Waals surface area (Å²) in [7, 11) is 2.89. The van der Waals surface area contributed by atoms with E-state index in [0.717, 1.165) is 0 Å². The van der Waals surface area contributed by atoms with Crippen molar-refractivity contribution in [1.82, 2.24) is 0 Å². The van der Waals surface area contributed by atoms with E-state index in [0.29, 0.717) is 29.1 Å². The maximum atomic E-state index is 14.0. The summed E-state index contributed by atoms with van der Waals surface area (Å²) in [6.07, 6.45) is 1.89. The molecule has 1 N–H and O–H groups in total. The number of carbonyl (C=O) groups is 1. The molecule has 0 bridgehead atoms. The largest absolute Gasteiger partial charge is 0.493 e. The number of hydrogen-bond acceptors (Lipinski definition) is 3. The average Bonchev–Trinajstić information content (AvgIpc) is 2.40. The van der Waals surface area contributed by atoms with E-state index in [1.54, 1.807) is 0 Å². The minimum Gasteiger partial charge on any atom is -0.493 e. The second-order valence-corrected chi connectivity index (χ2v) is 3.87. The van der Waals surface area contributed by atoms with Crippen LogP contribution < -0.4 is 9.47 Å². The van der Waals surface area contributed by atoms with Gasteiger partial charge in [0.1, 0.15) is 5.82 Å². The molecule has 4 nitrogen and oxygen atoms in total. The molecule has 0 aliphatic rings. The highest BCUT2D eigenvalue weighted by Crippen LogP contribution is 2.33. The van der Waals surface area contributed by atoms with Gasteiger partial charge in [0.25, 0.3) is 0 Å². The van der Waals surface area contributed by atoms with E-state index in [1.165, 1.54) is 32.4 Å². The van der Waals surface area contributed by atoms with Crippen LogP contribution in [0, 0.1) is 5.82 Å². The highest BCUT2D eigenvalue weighted by molar-refractivity contribution is 5.75. The molecule has 19 heavy (non-hydrogen) atoms. The summed E-state index contributed by atoms with van der Waals surface area (Å²) in [4.78, 5) is 10.6. The molecule has 104 valence electrons. The Labute approximate surface area is 111 Å². The number of carboxylic acid groups (broad SMARTS) is 1. The maximum Gasteiger partial charge on any atom is 0.307 e. The van der Waals surface area contributed by atoms with Crippen molar-refractivity contribution in [1.29, 1.82) is 0 Å². The predicted molar refractivity (Wildman–Crippen MR) is 70.0 cm³/mol. The Hall–Kier alpha value is -2.04. The highest BCUT2D eigenvalue weighted by atomic mass is 19.1. The van der Waals surface area contributed by atoms with E-state index in [1.807, 2.05) is 6.92 Å². The Morgan fingerprint density at radius 3 is 2.37 bits per heavy atom. The third kappa shape index (κ3) is 3.71. The first kappa shape index (κ1) is 15.0. The molecule has 1 aromatic carbocycles. The Morgan fingerprint density at radius 2 is 1.89 bits per heavy atom. The van der Waals surface area contributed by atoms with Crippen molar-refractivity contribution in [3.63, 3.8) is 0 Å². The van der Waals surface area contributed by atoms with Crippen molar-refractivity contribution in [2.24, 2.45) is 0 Å². The number of ether oxygens (including phenoxy) is 2. The molecule has 0 fully saturated rings. The first-order valence-electron chi connectivity index (χ1n) is 5.86. The van der Waals surface area contributed by atoms with Crippen LogP contribution in [-0.4, -0.2) is 25.3 Å². The van der Waals surface area contributed by atoms with Crippen LogP contribution in [-0.2, 0) is 4.79 Å².